The lowest BCUT2D eigenvalue weighted by Crippen LogP contribution is -2.08. The summed E-state index contributed by atoms with van der Waals surface area (Å²) in [7, 11) is 0. The molecule has 0 bridgehead atoms. The summed E-state index contributed by atoms with van der Waals surface area (Å²) in [6.45, 7) is 2.25. The van der Waals surface area contributed by atoms with Crippen LogP contribution in [0.2, 0.25) is 15.1 Å². The van der Waals surface area contributed by atoms with Crippen molar-refractivity contribution in [2.45, 2.75) is 19.9 Å². The molecule has 3 nitrogen and oxygen atoms in total. The van der Waals surface area contributed by atoms with Crippen LogP contribution < -0.4 is 0 Å². The molecule has 0 amide bonds. The van der Waals surface area contributed by atoms with Crippen LogP contribution in [-0.2, 0) is 13.0 Å². The second-order valence-corrected chi connectivity index (χ2v) is 7.51. The molecule has 1 aromatic heterocycles. The summed E-state index contributed by atoms with van der Waals surface area (Å²) in [5.41, 5.74) is 3.80. The van der Waals surface area contributed by atoms with Gasteiger partial charge in [-0.3, -0.25) is 9.48 Å². The van der Waals surface area contributed by atoms with Gasteiger partial charge in [-0.15, -0.1) is 0 Å². The Morgan fingerprint density at radius 2 is 1.69 bits per heavy atom. The highest BCUT2D eigenvalue weighted by Gasteiger charge is 2.19. The Hall–Kier alpha value is -1.52. The minimum atomic E-state index is -0.583. The fourth-order valence-electron chi connectivity index (χ4n) is 2.73. The third kappa shape index (κ3) is 4.24. The van der Waals surface area contributed by atoms with Crippen molar-refractivity contribution in [3.8, 4) is 0 Å². The smallest absolute Gasteiger partial charge is 0.272 e. The average molecular weight is 428 g/mol. The zero-order chi connectivity index (χ0) is 18.8. The van der Waals surface area contributed by atoms with Gasteiger partial charge in [-0.1, -0.05) is 53.0 Å². The van der Waals surface area contributed by atoms with E-state index in [0.29, 0.717) is 28.0 Å². The van der Waals surface area contributed by atoms with E-state index in [9.17, 15) is 4.79 Å². The van der Waals surface area contributed by atoms with Crippen molar-refractivity contribution in [3.63, 3.8) is 0 Å². The zero-order valence-corrected chi connectivity index (χ0v) is 16.8. The molecule has 26 heavy (non-hydrogen) atoms. The van der Waals surface area contributed by atoms with Crippen molar-refractivity contribution >= 4 is 51.6 Å². The van der Waals surface area contributed by atoms with Gasteiger partial charge in [0.15, 0.2) is 0 Å². The second-order valence-electron chi connectivity index (χ2n) is 5.89. The first kappa shape index (κ1) is 19.2. The van der Waals surface area contributed by atoms with Gasteiger partial charge in [0.1, 0.15) is 5.69 Å². The molecule has 2 aromatic carbocycles. The van der Waals surface area contributed by atoms with Crippen molar-refractivity contribution in [2.24, 2.45) is 0 Å². The number of halogens is 4. The largest absolute Gasteiger partial charge is 0.274 e. The van der Waals surface area contributed by atoms with Crippen molar-refractivity contribution in [3.05, 3.63) is 85.6 Å². The molecule has 1 heterocycles. The Balaban J connectivity index is 2.01. The molecule has 0 unspecified atom stereocenters. The predicted octanol–water partition coefficient (Wildman–Crippen LogP) is 6.17. The molecule has 7 heteroatoms. The van der Waals surface area contributed by atoms with Gasteiger partial charge in [-0.2, -0.15) is 5.10 Å². The zero-order valence-electron chi connectivity index (χ0n) is 13.8. The molecule has 0 radical (unpaired) electrons. The Bertz CT molecular complexity index is 964. The lowest BCUT2D eigenvalue weighted by molar-refractivity contribution is 0.107. The van der Waals surface area contributed by atoms with Crippen LogP contribution in [0.3, 0.4) is 0 Å². The number of carbonyl (C=O) groups is 1. The van der Waals surface area contributed by atoms with Gasteiger partial charge in [-0.05, 0) is 53.9 Å². The van der Waals surface area contributed by atoms with E-state index in [1.54, 1.807) is 16.8 Å². The van der Waals surface area contributed by atoms with Gasteiger partial charge < -0.3 is 0 Å². The van der Waals surface area contributed by atoms with E-state index in [4.69, 9.17) is 46.4 Å². The molecule has 0 aliphatic carbocycles. The SMILES string of the molecule is Cc1c(C(=O)Cl)nn(Cc2ccc(Cl)cc2Cl)c1Cc1ccc(Cl)cc1. The third-order valence-electron chi connectivity index (χ3n) is 4.13. The topological polar surface area (TPSA) is 34.9 Å². The number of aromatic nitrogens is 2. The lowest BCUT2D eigenvalue weighted by atomic mass is 10.1. The molecule has 3 aromatic rings. The van der Waals surface area contributed by atoms with Crippen molar-refractivity contribution < 1.29 is 4.79 Å². The van der Waals surface area contributed by atoms with Crippen LogP contribution in [0.25, 0.3) is 0 Å². The maximum atomic E-state index is 11.7. The van der Waals surface area contributed by atoms with E-state index in [1.807, 2.05) is 37.3 Å². The summed E-state index contributed by atoms with van der Waals surface area (Å²) in [5, 5.41) is 5.59. The molecule has 0 aliphatic rings. The summed E-state index contributed by atoms with van der Waals surface area (Å²) < 4.78 is 1.76. The average Bonchev–Trinajstić information content (AvgIpc) is 2.89. The van der Waals surface area contributed by atoms with E-state index >= 15 is 0 Å². The van der Waals surface area contributed by atoms with E-state index in [2.05, 4.69) is 5.10 Å². The Kier molecular flexibility index (Phi) is 5.93. The van der Waals surface area contributed by atoms with Gasteiger partial charge in [0, 0.05) is 32.7 Å². The van der Waals surface area contributed by atoms with E-state index in [0.717, 1.165) is 22.4 Å². The molecule has 0 aliphatic heterocycles. The van der Waals surface area contributed by atoms with Gasteiger partial charge in [0.05, 0.1) is 6.54 Å². The van der Waals surface area contributed by atoms with Crippen LogP contribution in [0, 0.1) is 6.92 Å². The Morgan fingerprint density at radius 1 is 1.04 bits per heavy atom. The highest BCUT2D eigenvalue weighted by Crippen LogP contribution is 2.25. The minimum Gasteiger partial charge on any atom is -0.274 e. The van der Waals surface area contributed by atoms with E-state index < -0.39 is 5.24 Å². The first-order valence-electron chi connectivity index (χ1n) is 7.79. The fourth-order valence-corrected chi connectivity index (χ4v) is 3.51. The second kappa shape index (κ2) is 8.01. The summed E-state index contributed by atoms with van der Waals surface area (Å²) in [6.07, 6.45) is 0.589. The van der Waals surface area contributed by atoms with Crippen LogP contribution in [0.1, 0.15) is 32.9 Å². The van der Waals surface area contributed by atoms with E-state index in [1.165, 1.54) is 0 Å². The summed E-state index contributed by atoms with van der Waals surface area (Å²) in [6, 6.07) is 12.8. The van der Waals surface area contributed by atoms with Crippen LogP contribution in [0.15, 0.2) is 42.5 Å². The number of carbonyl (C=O) groups excluding carboxylic acids is 1. The van der Waals surface area contributed by atoms with Gasteiger partial charge in [0.2, 0.25) is 0 Å². The number of benzene rings is 2. The summed E-state index contributed by atoms with van der Waals surface area (Å²) >= 11 is 23.9. The summed E-state index contributed by atoms with van der Waals surface area (Å²) in [5.74, 6) is 0. The van der Waals surface area contributed by atoms with Gasteiger partial charge in [-0.25, -0.2) is 0 Å². The van der Waals surface area contributed by atoms with Crippen molar-refractivity contribution in [1.82, 2.24) is 9.78 Å². The first-order chi connectivity index (χ1) is 12.3. The van der Waals surface area contributed by atoms with Crippen LogP contribution in [0.4, 0.5) is 0 Å². The monoisotopic (exact) mass is 426 g/mol. The highest BCUT2D eigenvalue weighted by molar-refractivity contribution is 6.67. The molecular weight excluding hydrogens is 414 g/mol. The Morgan fingerprint density at radius 3 is 2.31 bits per heavy atom. The molecule has 0 atom stereocenters. The molecule has 0 N–H and O–H groups in total. The quantitative estimate of drug-likeness (QED) is 0.456. The molecular formula is C19H14Cl4N2O. The van der Waals surface area contributed by atoms with Crippen LogP contribution in [0.5, 0.6) is 0 Å². The van der Waals surface area contributed by atoms with Gasteiger partial charge in [0.25, 0.3) is 5.24 Å². The van der Waals surface area contributed by atoms with Crippen LogP contribution >= 0.6 is 46.4 Å². The standard InChI is InChI=1S/C19H14Cl4N2O/c1-11-17(8-12-2-5-14(20)6-3-12)25(24-18(11)19(23)26)10-13-4-7-15(21)9-16(13)22/h2-7,9H,8,10H2,1H3. The molecule has 0 saturated heterocycles. The summed E-state index contributed by atoms with van der Waals surface area (Å²) in [4.78, 5) is 11.7. The maximum absolute atomic E-state index is 11.7. The number of hydrogen-bond donors (Lipinski definition) is 0. The number of rotatable bonds is 5. The van der Waals surface area contributed by atoms with Crippen LogP contribution in [-0.4, -0.2) is 15.0 Å². The van der Waals surface area contributed by atoms with Gasteiger partial charge >= 0.3 is 0 Å². The van der Waals surface area contributed by atoms with Crippen molar-refractivity contribution in [1.29, 1.82) is 0 Å². The maximum Gasteiger partial charge on any atom is 0.272 e. The predicted molar refractivity (Wildman–Crippen MR) is 107 cm³/mol. The number of hydrogen-bond acceptors (Lipinski definition) is 2. The third-order valence-corrected chi connectivity index (χ3v) is 5.14. The Labute approximate surface area is 171 Å². The molecule has 0 saturated carbocycles. The first-order valence-corrected chi connectivity index (χ1v) is 9.31. The number of nitrogens with zero attached hydrogens (tertiary/aromatic N) is 2. The van der Waals surface area contributed by atoms with Crippen molar-refractivity contribution in [2.75, 3.05) is 0 Å². The highest BCUT2D eigenvalue weighted by atomic mass is 35.5. The lowest BCUT2D eigenvalue weighted by Gasteiger charge is -2.10. The molecule has 0 spiro atoms. The van der Waals surface area contributed by atoms with E-state index in [-0.39, 0.29) is 5.69 Å². The minimum absolute atomic E-state index is 0.251. The molecule has 3 rings (SSSR count). The fraction of sp³-hybridized carbons (Fsp3) is 0.158. The molecule has 134 valence electrons. The normalized spacial score (nSPS) is 11.0. The molecule has 0 fully saturated rings.